The number of urea groups is 1. The highest BCUT2D eigenvalue weighted by atomic mass is 16.2. The Morgan fingerprint density at radius 2 is 2.09 bits per heavy atom. The summed E-state index contributed by atoms with van der Waals surface area (Å²) >= 11 is 0. The van der Waals surface area contributed by atoms with E-state index in [1.807, 2.05) is 18.2 Å². The maximum Gasteiger partial charge on any atom is 0.318 e. The first-order valence-corrected chi connectivity index (χ1v) is 8.09. The Labute approximate surface area is 131 Å². The second kappa shape index (κ2) is 6.81. The van der Waals surface area contributed by atoms with E-state index in [0.29, 0.717) is 19.0 Å². The second-order valence-corrected chi connectivity index (χ2v) is 6.22. The largest absolute Gasteiger partial charge is 0.353 e. The summed E-state index contributed by atoms with van der Waals surface area (Å²) < 4.78 is 0. The molecule has 0 unspecified atom stereocenters. The van der Waals surface area contributed by atoms with Gasteiger partial charge in [-0.15, -0.1) is 0 Å². The molecule has 1 aliphatic heterocycles. The Balaban J connectivity index is 1.66. The number of piperazine rings is 1. The van der Waals surface area contributed by atoms with Gasteiger partial charge >= 0.3 is 6.03 Å². The predicted molar refractivity (Wildman–Crippen MR) is 84.3 cm³/mol. The van der Waals surface area contributed by atoms with E-state index in [-0.39, 0.29) is 24.5 Å². The highest BCUT2D eigenvalue weighted by Gasteiger charge is 2.27. The van der Waals surface area contributed by atoms with Crippen LogP contribution in [0.1, 0.15) is 37.3 Å². The Hall–Kier alpha value is -2.04. The summed E-state index contributed by atoms with van der Waals surface area (Å²) in [4.78, 5) is 25.5. The quantitative estimate of drug-likeness (QED) is 0.894. The fourth-order valence-corrected chi connectivity index (χ4v) is 3.08. The minimum absolute atomic E-state index is 0.0315. The van der Waals surface area contributed by atoms with Crippen LogP contribution in [0.2, 0.25) is 0 Å². The Kier molecular flexibility index (Phi) is 4.61. The van der Waals surface area contributed by atoms with E-state index in [4.69, 9.17) is 0 Å². The summed E-state index contributed by atoms with van der Waals surface area (Å²) in [6.45, 7) is 1.25. The molecule has 22 heavy (non-hydrogen) atoms. The maximum absolute atomic E-state index is 12.5. The Morgan fingerprint density at radius 3 is 2.73 bits per heavy atom. The molecule has 1 aliphatic carbocycles. The first kappa shape index (κ1) is 14.9. The second-order valence-electron chi connectivity index (χ2n) is 6.22. The van der Waals surface area contributed by atoms with Crippen molar-refractivity contribution in [3.63, 3.8) is 0 Å². The summed E-state index contributed by atoms with van der Waals surface area (Å²) in [5.74, 6) is 0.617. The molecule has 0 bridgehead atoms. The highest BCUT2D eigenvalue weighted by molar-refractivity contribution is 5.85. The lowest BCUT2D eigenvalue weighted by Crippen LogP contribution is -2.53. The summed E-state index contributed by atoms with van der Waals surface area (Å²) in [6.07, 6.45) is 4.79. The van der Waals surface area contributed by atoms with Crippen molar-refractivity contribution in [2.75, 3.05) is 19.6 Å². The third-order valence-corrected chi connectivity index (χ3v) is 4.62. The van der Waals surface area contributed by atoms with Crippen molar-refractivity contribution in [2.45, 2.75) is 31.7 Å². The highest BCUT2D eigenvalue weighted by Crippen LogP contribution is 2.34. The lowest BCUT2D eigenvalue weighted by atomic mass is 9.79. The molecule has 0 radical (unpaired) electrons. The van der Waals surface area contributed by atoms with E-state index in [0.717, 1.165) is 12.0 Å². The summed E-state index contributed by atoms with van der Waals surface area (Å²) in [5, 5.41) is 5.87. The van der Waals surface area contributed by atoms with E-state index in [1.54, 1.807) is 4.90 Å². The van der Waals surface area contributed by atoms with E-state index in [9.17, 15) is 9.59 Å². The zero-order valence-electron chi connectivity index (χ0n) is 12.8. The molecule has 2 fully saturated rings. The monoisotopic (exact) mass is 301 g/mol. The Bertz CT molecular complexity index is 528. The number of benzene rings is 1. The van der Waals surface area contributed by atoms with Gasteiger partial charge in [0, 0.05) is 13.1 Å². The number of nitrogens with one attached hydrogen (secondary N) is 2. The van der Waals surface area contributed by atoms with E-state index >= 15 is 0 Å². The molecule has 3 amide bonds. The molecule has 0 spiro atoms. The van der Waals surface area contributed by atoms with Gasteiger partial charge in [-0.25, -0.2) is 4.79 Å². The molecule has 1 heterocycles. The molecule has 1 aromatic carbocycles. The standard InChI is InChI=1S/C17H23N3O2/c21-16-12-20(10-9-18-16)17(22)19-15(11-13-5-4-6-13)14-7-2-1-3-8-14/h1-3,7-8,13,15H,4-6,9-12H2,(H,18,21)(H,19,22)/t15-/m0/s1. The molecule has 1 aromatic rings. The van der Waals surface area contributed by atoms with Gasteiger partial charge in [-0.1, -0.05) is 49.6 Å². The lowest BCUT2D eigenvalue weighted by molar-refractivity contribution is -0.123. The Morgan fingerprint density at radius 1 is 1.32 bits per heavy atom. The van der Waals surface area contributed by atoms with Gasteiger partial charge < -0.3 is 15.5 Å². The number of hydrogen-bond acceptors (Lipinski definition) is 2. The van der Waals surface area contributed by atoms with Crippen LogP contribution in [0.15, 0.2) is 30.3 Å². The summed E-state index contributed by atoms with van der Waals surface area (Å²) in [6, 6.07) is 10.0. The SMILES string of the molecule is O=C1CN(C(=O)N[C@@H](CC2CCC2)c2ccccc2)CCN1. The molecule has 1 atom stereocenters. The average Bonchev–Trinajstić information content (AvgIpc) is 2.50. The van der Waals surface area contributed by atoms with Crippen molar-refractivity contribution in [3.05, 3.63) is 35.9 Å². The van der Waals surface area contributed by atoms with Gasteiger partial charge in [0.25, 0.3) is 0 Å². The van der Waals surface area contributed by atoms with Crippen LogP contribution >= 0.6 is 0 Å². The maximum atomic E-state index is 12.5. The molecular formula is C17H23N3O2. The third-order valence-electron chi connectivity index (χ3n) is 4.62. The van der Waals surface area contributed by atoms with Crippen molar-refractivity contribution in [2.24, 2.45) is 5.92 Å². The molecule has 118 valence electrons. The van der Waals surface area contributed by atoms with Crippen molar-refractivity contribution in [3.8, 4) is 0 Å². The summed E-state index contributed by atoms with van der Waals surface area (Å²) in [7, 11) is 0. The van der Waals surface area contributed by atoms with Crippen molar-refractivity contribution in [1.82, 2.24) is 15.5 Å². The average molecular weight is 301 g/mol. The predicted octanol–water partition coefficient (Wildman–Crippen LogP) is 2.06. The van der Waals surface area contributed by atoms with Crippen LogP contribution in [0.3, 0.4) is 0 Å². The molecule has 5 nitrogen and oxygen atoms in total. The van der Waals surface area contributed by atoms with Crippen LogP contribution in [0.5, 0.6) is 0 Å². The normalized spacial score (nSPS) is 20.0. The minimum Gasteiger partial charge on any atom is -0.353 e. The zero-order valence-corrected chi connectivity index (χ0v) is 12.8. The van der Waals surface area contributed by atoms with Gasteiger partial charge in [0.2, 0.25) is 5.91 Å². The molecule has 2 aliphatic rings. The van der Waals surface area contributed by atoms with Crippen LogP contribution in [0.4, 0.5) is 4.79 Å². The van der Waals surface area contributed by atoms with Gasteiger partial charge in [-0.05, 0) is 17.9 Å². The number of nitrogens with zero attached hydrogens (tertiary/aromatic N) is 1. The van der Waals surface area contributed by atoms with E-state index < -0.39 is 0 Å². The number of amides is 3. The van der Waals surface area contributed by atoms with E-state index in [1.165, 1.54) is 19.3 Å². The molecule has 0 aromatic heterocycles. The van der Waals surface area contributed by atoms with Crippen LogP contribution in [0, 0.1) is 5.92 Å². The third kappa shape index (κ3) is 3.59. The van der Waals surface area contributed by atoms with Gasteiger partial charge in [0.15, 0.2) is 0 Å². The molecule has 1 saturated carbocycles. The fourth-order valence-electron chi connectivity index (χ4n) is 3.08. The number of rotatable bonds is 4. The van der Waals surface area contributed by atoms with Crippen LogP contribution in [0.25, 0.3) is 0 Å². The van der Waals surface area contributed by atoms with Crippen molar-refractivity contribution < 1.29 is 9.59 Å². The molecule has 3 rings (SSSR count). The summed E-state index contributed by atoms with van der Waals surface area (Å²) in [5.41, 5.74) is 1.14. The van der Waals surface area contributed by atoms with Crippen LogP contribution in [-0.2, 0) is 4.79 Å². The first-order valence-electron chi connectivity index (χ1n) is 8.09. The first-order chi connectivity index (χ1) is 10.7. The molecular weight excluding hydrogens is 278 g/mol. The molecule has 2 N–H and O–H groups in total. The lowest BCUT2D eigenvalue weighted by Gasteiger charge is -2.33. The van der Waals surface area contributed by atoms with Crippen LogP contribution in [-0.4, -0.2) is 36.5 Å². The van der Waals surface area contributed by atoms with Gasteiger partial charge in [0.05, 0.1) is 6.04 Å². The molecule has 5 heteroatoms. The van der Waals surface area contributed by atoms with E-state index in [2.05, 4.69) is 22.8 Å². The number of carbonyl (C=O) groups is 2. The smallest absolute Gasteiger partial charge is 0.318 e. The number of carbonyl (C=O) groups excluding carboxylic acids is 2. The number of hydrogen-bond donors (Lipinski definition) is 2. The zero-order chi connectivity index (χ0) is 15.4. The van der Waals surface area contributed by atoms with Crippen LogP contribution < -0.4 is 10.6 Å². The van der Waals surface area contributed by atoms with Crippen molar-refractivity contribution >= 4 is 11.9 Å². The van der Waals surface area contributed by atoms with Gasteiger partial charge in [0.1, 0.15) is 6.54 Å². The fraction of sp³-hybridized carbons (Fsp3) is 0.529. The molecule has 1 saturated heterocycles. The minimum atomic E-state index is -0.136. The topological polar surface area (TPSA) is 61.4 Å². The van der Waals surface area contributed by atoms with Crippen molar-refractivity contribution in [1.29, 1.82) is 0 Å². The van der Waals surface area contributed by atoms with Gasteiger partial charge in [-0.2, -0.15) is 0 Å². The van der Waals surface area contributed by atoms with Gasteiger partial charge in [-0.3, -0.25) is 4.79 Å².